The summed E-state index contributed by atoms with van der Waals surface area (Å²) in [5, 5.41) is 12.6. The zero-order valence-electron chi connectivity index (χ0n) is 11.2. The summed E-state index contributed by atoms with van der Waals surface area (Å²) in [5.74, 6) is -0.00919. The van der Waals surface area contributed by atoms with Crippen LogP contribution >= 0.6 is 11.3 Å². The lowest BCUT2D eigenvalue weighted by Gasteiger charge is -2.45. The number of carboxylic acid groups (broad SMARTS) is 1. The van der Waals surface area contributed by atoms with Crippen LogP contribution in [0.5, 0.6) is 0 Å². The van der Waals surface area contributed by atoms with E-state index in [-0.39, 0.29) is 0 Å². The van der Waals surface area contributed by atoms with Crippen molar-refractivity contribution in [1.82, 2.24) is 10.2 Å². The lowest BCUT2D eigenvalue weighted by Crippen LogP contribution is -2.55. The first-order valence-corrected chi connectivity index (χ1v) is 7.73. The Labute approximate surface area is 117 Å². The number of fused-ring (bicyclic) bond motifs is 3. The largest absolute Gasteiger partial charge is 0.477 e. The highest BCUT2D eigenvalue weighted by molar-refractivity contribution is 7.14. The lowest BCUT2D eigenvalue weighted by molar-refractivity contribution is 0.0701. The Balaban J connectivity index is 1.61. The number of aryl methyl sites for hydroxylation is 1. The second kappa shape index (κ2) is 5.23. The summed E-state index contributed by atoms with van der Waals surface area (Å²) in [6.45, 7) is 6.46. The molecule has 1 unspecified atom stereocenters. The van der Waals surface area contributed by atoms with Crippen LogP contribution in [0.3, 0.4) is 0 Å². The first kappa shape index (κ1) is 13.1. The van der Waals surface area contributed by atoms with Crippen LogP contribution in [0.2, 0.25) is 0 Å². The van der Waals surface area contributed by atoms with Gasteiger partial charge in [-0.1, -0.05) is 0 Å². The van der Waals surface area contributed by atoms with E-state index < -0.39 is 5.97 Å². The van der Waals surface area contributed by atoms with E-state index in [4.69, 9.17) is 5.11 Å². The lowest BCUT2D eigenvalue weighted by atomic mass is 9.84. The number of nitrogens with one attached hydrogen (secondary N) is 1. The first-order chi connectivity index (χ1) is 9.13. The minimum absolute atomic E-state index is 0.447. The highest BCUT2D eigenvalue weighted by Crippen LogP contribution is 2.28. The Morgan fingerprint density at radius 1 is 1.53 bits per heavy atom. The topological polar surface area (TPSA) is 52.6 Å². The zero-order chi connectivity index (χ0) is 13.4. The standard InChI is InChI=1S/C14H20N2O2S/c1-9-11(6-13(19-9)14(17)18)7-15-12-8-16-4-2-10(12)3-5-16/h6,10,12,15H,2-5,7-8H2,1H3,(H,17,18). The zero-order valence-corrected chi connectivity index (χ0v) is 12.0. The molecule has 3 aliphatic heterocycles. The quantitative estimate of drug-likeness (QED) is 0.885. The molecule has 0 amide bonds. The smallest absolute Gasteiger partial charge is 0.345 e. The molecule has 0 aliphatic carbocycles. The van der Waals surface area contributed by atoms with Gasteiger partial charge in [-0.3, -0.25) is 0 Å². The molecule has 4 nitrogen and oxygen atoms in total. The van der Waals surface area contributed by atoms with Gasteiger partial charge in [0, 0.05) is 24.0 Å². The van der Waals surface area contributed by atoms with Crippen molar-refractivity contribution in [3.8, 4) is 0 Å². The van der Waals surface area contributed by atoms with Gasteiger partial charge in [0.05, 0.1) is 0 Å². The predicted octanol–water partition coefficient (Wildman–Crippen LogP) is 1.94. The van der Waals surface area contributed by atoms with Crippen molar-refractivity contribution in [2.45, 2.75) is 32.4 Å². The molecule has 3 aliphatic rings. The minimum atomic E-state index is -0.817. The number of nitrogens with zero attached hydrogens (tertiary/aromatic N) is 1. The van der Waals surface area contributed by atoms with Crippen molar-refractivity contribution in [3.63, 3.8) is 0 Å². The molecule has 0 aromatic carbocycles. The summed E-state index contributed by atoms with van der Waals surface area (Å²) in [6, 6.07) is 2.39. The van der Waals surface area contributed by atoms with Crippen LogP contribution < -0.4 is 5.32 Å². The first-order valence-electron chi connectivity index (χ1n) is 6.92. The van der Waals surface area contributed by atoms with E-state index in [1.165, 1.54) is 37.3 Å². The van der Waals surface area contributed by atoms with E-state index >= 15 is 0 Å². The molecule has 2 N–H and O–H groups in total. The molecule has 19 heavy (non-hydrogen) atoms. The molecule has 1 aromatic heterocycles. The molecule has 1 atom stereocenters. The maximum absolute atomic E-state index is 11.0. The van der Waals surface area contributed by atoms with E-state index in [0.717, 1.165) is 29.4 Å². The van der Waals surface area contributed by atoms with Crippen LogP contribution in [0.15, 0.2) is 6.07 Å². The van der Waals surface area contributed by atoms with E-state index in [1.54, 1.807) is 0 Å². The van der Waals surface area contributed by atoms with E-state index in [2.05, 4.69) is 10.2 Å². The molecule has 0 saturated carbocycles. The third-order valence-electron chi connectivity index (χ3n) is 4.44. The van der Waals surface area contributed by atoms with Crippen molar-refractivity contribution in [2.75, 3.05) is 19.6 Å². The normalized spacial score (nSPS) is 29.6. The van der Waals surface area contributed by atoms with Crippen LogP contribution in [-0.2, 0) is 6.54 Å². The van der Waals surface area contributed by atoms with Gasteiger partial charge in [0.25, 0.3) is 0 Å². The minimum Gasteiger partial charge on any atom is -0.477 e. The number of aromatic carboxylic acids is 1. The Morgan fingerprint density at radius 2 is 2.26 bits per heavy atom. The molecule has 4 rings (SSSR count). The molecule has 3 saturated heterocycles. The molecule has 0 spiro atoms. The van der Waals surface area contributed by atoms with Crippen LogP contribution in [0.25, 0.3) is 0 Å². The predicted molar refractivity (Wildman–Crippen MR) is 75.8 cm³/mol. The molecule has 104 valence electrons. The van der Waals surface area contributed by atoms with Gasteiger partial charge in [-0.05, 0) is 50.4 Å². The van der Waals surface area contributed by atoms with Crippen LogP contribution in [-0.4, -0.2) is 41.7 Å². The number of thiophene rings is 1. The third kappa shape index (κ3) is 2.68. The van der Waals surface area contributed by atoms with E-state index in [1.807, 2.05) is 13.0 Å². The SMILES string of the molecule is Cc1sc(C(=O)O)cc1CNC1CN2CCC1CC2. The number of hydrogen-bond acceptors (Lipinski definition) is 4. The van der Waals surface area contributed by atoms with Gasteiger partial charge in [0.15, 0.2) is 0 Å². The van der Waals surface area contributed by atoms with Gasteiger partial charge in [0.1, 0.15) is 4.88 Å². The summed E-state index contributed by atoms with van der Waals surface area (Å²) in [5.41, 5.74) is 1.14. The Kier molecular flexibility index (Phi) is 3.60. The van der Waals surface area contributed by atoms with Crippen molar-refractivity contribution in [1.29, 1.82) is 0 Å². The summed E-state index contributed by atoms with van der Waals surface area (Å²) in [7, 11) is 0. The van der Waals surface area contributed by atoms with Gasteiger partial charge >= 0.3 is 5.97 Å². The third-order valence-corrected chi connectivity index (χ3v) is 5.52. The maximum atomic E-state index is 11.0. The fourth-order valence-electron chi connectivity index (χ4n) is 3.24. The van der Waals surface area contributed by atoms with Crippen molar-refractivity contribution in [3.05, 3.63) is 21.4 Å². The van der Waals surface area contributed by atoms with Crippen LogP contribution in [0.1, 0.15) is 33.0 Å². The maximum Gasteiger partial charge on any atom is 0.345 e. The van der Waals surface area contributed by atoms with Gasteiger partial charge in [-0.15, -0.1) is 11.3 Å². The summed E-state index contributed by atoms with van der Waals surface area (Å²) in [4.78, 5) is 15.1. The summed E-state index contributed by atoms with van der Waals surface area (Å²) >= 11 is 1.37. The summed E-state index contributed by atoms with van der Waals surface area (Å²) < 4.78 is 0. The average Bonchev–Trinajstić information content (AvgIpc) is 2.79. The second-order valence-corrected chi connectivity index (χ2v) is 6.88. The number of hydrogen-bond donors (Lipinski definition) is 2. The number of rotatable bonds is 4. The molecular weight excluding hydrogens is 260 g/mol. The Hall–Kier alpha value is -0.910. The number of carbonyl (C=O) groups is 1. The van der Waals surface area contributed by atoms with E-state index in [0.29, 0.717) is 10.9 Å². The van der Waals surface area contributed by atoms with Gasteiger partial charge in [0.2, 0.25) is 0 Å². The Morgan fingerprint density at radius 3 is 2.79 bits per heavy atom. The average molecular weight is 280 g/mol. The summed E-state index contributed by atoms with van der Waals surface area (Å²) in [6.07, 6.45) is 2.61. The fourth-order valence-corrected chi connectivity index (χ4v) is 4.12. The van der Waals surface area contributed by atoms with E-state index in [9.17, 15) is 4.79 Å². The van der Waals surface area contributed by atoms with Crippen LogP contribution in [0, 0.1) is 12.8 Å². The second-order valence-electron chi connectivity index (χ2n) is 5.62. The Bertz CT molecular complexity index is 478. The molecule has 4 heterocycles. The van der Waals surface area contributed by atoms with Gasteiger partial charge in [-0.2, -0.15) is 0 Å². The van der Waals surface area contributed by atoms with Crippen molar-refractivity contribution >= 4 is 17.3 Å². The molecule has 3 fully saturated rings. The molecule has 2 bridgehead atoms. The number of carboxylic acids is 1. The molecule has 1 aromatic rings. The van der Waals surface area contributed by atoms with Crippen LogP contribution in [0.4, 0.5) is 0 Å². The number of piperidine rings is 3. The molecular formula is C14H20N2O2S. The molecule has 5 heteroatoms. The monoisotopic (exact) mass is 280 g/mol. The van der Waals surface area contributed by atoms with Crippen molar-refractivity contribution in [2.24, 2.45) is 5.92 Å². The van der Waals surface area contributed by atoms with Gasteiger partial charge < -0.3 is 15.3 Å². The molecule has 0 radical (unpaired) electrons. The fraction of sp³-hybridized carbons (Fsp3) is 0.643. The highest BCUT2D eigenvalue weighted by atomic mass is 32.1. The van der Waals surface area contributed by atoms with Crippen molar-refractivity contribution < 1.29 is 9.90 Å². The van der Waals surface area contributed by atoms with Gasteiger partial charge in [-0.25, -0.2) is 4.79 Å². The highest BCUT2D eigenvalue weighted by Gasteiger charge is 2.33.